The van der Waals surface area contributed by atoms with E-state index in [2.05, 4.69) is 9.88 Å². The van der Waals surface area contributed by atoms with Gasteiger partial charge in [0.2, 0.25) is 5.78 Å². The maximum Gasteiger partial charge on any atom is 0.408 e. The van der Waals surface area contributed by atoms with E-state index in [0.29, 0.717) is 43.6 Å². The van der Waals surface area contributed by atoms with Crippen LogP contribution in [-0.4, -0.2) is 73.8 Å². The number of carboxylic acid groups (broad SMARTS) is 1. The Morgan fingerprint density at radius 1 is 1.21 bits per heavy atom. The Morgan fingerprint density at radius 2 is 1.93 bits per heavy atom. The lowest BCUT2D eigenvalue weighted by Crippen LogP contribution is -2.65. The van der Waals surface area contributed by atoms with Crippen molar-refractivity contribution < 1.29 is 14.6 Å². The second kappa shape index (κ2) is 7.29. The van der Waals surface area contributed by atoms with Gasteiger partial charge in [0.1, 0.15) is 0 Å². The minimum Gasteiger partial charge on any atom is -0.465 e. The van der Waals surface area contributed by atoms with Crippen molar-refractivity contribution in [2.75, 3.05) is 26.3 Å². The fraction of sp³-hybridized carbons (Fsp3) is 0.350. The fourth-order valence-electron chi connectivity index (χ4n) is 4.33. The van der Waals surface area contributed by atoms with Crippen molar-refractivity contribution in [2.45, 2.75) is 18.6 Å². The maximum atomic E-state index is 11.7. The summed E-state index contributed by atoms with van der Waals surface area (Å²) in [6, 6.07) is 9.19. The Hall–Kier alpha value is -2.68. The Bertz CT molecular complexity index is 1040. The van der Waals surface area contributed by atoms with Gasteiger partial charge in [-0.05, 0) is 18.2 Å². The van der Waals surface area contributed by atoms with Crippen LogP contribution in [0.1, 0.15) is 5.69 Å². The Kier molecular flexibility index (Phi) is 4.61. The quantitative estimate of drug-likeness (QED) is 0.710. The lowest BCUT2D eigenvalue weighted by molar-refractivity contribution is -0.0850. The summed E-state index contributed by atoms with van der Waals surface area (Å²) < 4.78 is 7.60. The predicted octanol–water partition coefficient (Wildman–Crippen LogP) is 2.61. The number of halogens is 1. The number of ether oxygens (including phenoxy) is 1. The molecule has 8 nitrogen and oxygen atoms in total. The van der Waals surface area contributed by atoms with Crippen LogP contribution in [0.4, 0.5) is 4.79 Å². The SMILES string of the molecule is O=C(O)N1C2COCC1CN(Cc1c(-c3ccc(Cl)cc3)nc3ncccn13)C2. The summed E-state index contributed by atoms with van der Waals surface area (Å²) in [4.78, 5) is 24.6. The molecule has 2 aromatic heterocycles. The van der Waals surface area contributed by atoms with Crippen LogP contribution in [0.2, 0.25) is 5.02 Å². The van der Waals surface area contributed by atoms with Gasteiger partial charge >= 0.3 is 6.09 Å². The number of aromatic nitrogens is 3. The molecule has 5 rings (SSSR count). The number of morpholine rings is 1. The number of imidazole rings is 1. The topological polar surface area (TPSA) is 83.2 Å². The number of hydrogen-bond acceptors (Lipinski definition) is 5. The molecule has 2 fully saturated rings. The molecule has 0 spiro atoms. The van der Waals surface area contributed by atoms with Crippen molar-refractivity contribution in [1.29, 1.82) is 0 Å². The van der Waals surface area contributed by atoms with Crippen LogP contribution in [-0.2, 0) is 11.3 Å². The highest BCUT2D eigenvalue weighted by molar-refractivity contribution is 6.30. The maximum absolute atomic E-state index is 11.7. The van der Waals surface area contributed by atoms with E-state index in [9.17, 15) is 9.90 Å². The number of carbonyl (C=O) groups is 1. The van der Waals surface area contributed by atoms with Crippen molar-refractivity contribution in [3.63, 3.8) is 0 Å². The molecule has 0 radical (unpaired) electrons. The average Bonchev–Trinajstić information content (AvgIpc) is 3.06. The minimum atomic E-state index is -0.871. The number of fused-ring (bicyclic) bond motifs is 3. The number of piperazine rings is 1. The van der Waals surface area contributed by atoms with Crippen molar-refractivity contribution in [1.82, 2.24) is 24.2 Å². The van der Waals surface area contributed by atoms with Crippen LogP contribution in [0.25, 0.3) is 17.0 Å². The first-order chi connectivity index (χ1) is 14.1. The lowest BCUT2D eigenvalue weighted by Gasteiger charge is -2.48. The van der Waals surface area contributed by atoms with Crippen LogP contribution >= 0.6 is 11.6 Å². The van der Waals surface area contributed by atoms with Crippen molar-refractivity contribution in [3.05, 3.63) is 53.4 Å². The first kappa shape index (κ1) is 18.4. The molecule has 3 aromatic rings. The number of amides is 1. The lowest BCUT2D eigenvalue weighted by atomic mass is 10.0. The van der Waals surface area contributed by atoms with E-state index in [0.717, 1.165) is 17.0 Å². The number of rotatable bonds is 3. The van der Waals surface area contributed by atoms with Crippen LogP contribution in [0.5, 0.6) is 0 Å². The van der Waals surface area contributed by atoms with Crippen molar-refractivity contribution in [3.8, 4) is 11.3 Å². The zero-order valence-electron chi connectivity index (χ0n) is 15.6. The van der Waals surface area contributed by atoms with Gasteiger partial charge in [0.15, 0.2) is 0 Å². The summed E-state index contributed by atoms with van der Waals surface area (Å²) in [6.45, 7) is 2.74. The summed E-state index contributed by atoms with van der Waals surface area (Å²) >= 11 is 6.06. The van der Waals surface area contributed by atoms with Gasteiger partial charge in [-0.1, -0.05) is 23.7 Å². The van der Waals surface area contributed by atoms with Crippen LogP contribution in [0, 0.1) is 0 Å². The highest BCUT2D eigenvalue weighted by Gasteiger charge is 2.41. The molecule has 2 atom stereocenters. The Morgan fingerprint density at radius 3 is 2.62 bits per heavy atom. The zero-order valence-corrected chi connectivity index (χ0v) is 16.4. The van der Waals surface area contributed by atoms with Gasteiger partial charge in [-0.3, -0.25) is 14.2 Å². The summed E-state index contributed by atoms with van der Waals surface area (Å²) in [7, 11) is 0. The second-order valence-electron chi connectivity index (χ2n) is 7.43. The van der Waals surface area contributed by atoms with E-state index >= 15 is 0 Å². The molecule has 0 saturated carbocycles. The normalized spacial score (nSPS) is 22.2. The molecule has 2 aliphatic heterocycles. The van der Waals surface area contributed by atoms with Gasteiger partial charge < -0.3 is 9.84 Å². The third-order valence-electron chi connectivity index (χ3n) is 5.56. The average molecular weight is 414 g/mol. The molecule has 1 aromatic carbocycles. The van der Waals surface area contributed by atoms with Gasteiger partial charge in [0.05, 0.1) is 36.7 Å². The van der Waals surface area contributed by atoms with Gasteiger partial charge in [-0.25, -0.2) is 14.8 Å². The van der Waals surface area contributed by atoms with Gasteiger partial charge in [-0.2, -0.15) is 0 Å². The molecule has 4 heterocycles. The number of hydrogen-bond donors (Lipinski definition) is 1. The minimum absolute atomic E-state index is 0.156. The molecule has 150 valence electrons. The molecule has 2 aliphatic rings. The Labute approximate surface area is 172 Å². The second-order valence-corrected chi connectivity index (χ2v) is 7.87. The first-order valence-electron chi connectivity index (χ1n) is 9.49. The van der Waals surface area contributed by atoms with Crippen molar-refractivity contribution >= 4 is 23.5 Å². The number of benzene rings is 1. The van der Waals surface area contributed by atoms with E-state index in [1.165, 1.54) is 0 Å². The smallest absolute Gasteiger partial charge is 0.408 e. The molecular formula is C20H20ClN5O3. The third kappa shape index (κ3) is 3.33. The molecule has 1 N–H and O–H groups in total. The first-order valence-corrected chi connectivity index (χ1v) is 9.87. The standard InChI is InChI=1S/C20H20ClN5O3/c21-14-4-2-13(3-5-14)18-17(25-7-1-6-22-19(25)23-18)10-24-8-15-11-29-12-16(9-24)26(15)20(27)28/h1-7,15-16H,8-12H2,(H,27,28). The van der Waals surface area contributed by atoms with Gasteiger partial charge in [0, 0.05) is 42.6 Å². The molecule has 29 heavy (non-hydrogen) atoms. The summed E-state index contributed by atoms with van der Waals surface area (Å²) in [5.74, 6) is 0.639. The van der Waals surface area contributed by atoms with E-state index in [1.54, 1.807) is 11.1 Å². The molecule has 2 bridgehead atoms. The predicted molar refractivity (Wildman–Crippen MR) is 107 cm³/mol. The molecular weight excluding hydrogens is 394 g/mol. The van der Waals surface area contributed by atoms with Crippen LogP contribution < -0.4 is 0 Å². The molecule has 1 amide bonds. The molecule has 2 unspecified atom stereocenters. The fourth-order valence-corrected chi connectivity index (χ4v) is 4.46. The molecule has 9 heteroatoms. The summed E-state index contributed by atoms with van der Waals surface area (Å²) in [5, 5.41) is 10.2. The third-order valence-corrected chi connectivity index (χ3v) is 5.81. The van der Waals surface area contributed by atoms with E-state index < -0.39 is 6.09 Å². The van der Waals surface area contributed by atoms with Gasteiger partial charge in [0.25, 0.3) is 0 Å². The number of nitrogens with zero attached hydrogens (tertiary/aromatic N) is 5. The van der Waals surface area contributed by atoms with Gasteiger partial charge in [-0.15, -0.1) is 0 Å². The monoisotopic (exact) mass is 413 g/mol. The van der Waals surface area contributed by atoms with E-state index in [1.807, 2.05) is 40.9 Å². The Balaban J connectivity index is 1.50. The zero-order chi connectivity index (χ0) is 20.0. The largest absolute Gasteiger partial charge is 0.465 e. The molecule has 0 aliphatic carbocycles. The highest BCUT2D eigenvalue weighted by atomic mass is 35.5. The highest BCUT2D eigenvalue weighted by Crippen LogP contribution is 2.28. The van der Waals surface area contributed by atoms with E-state index in [4.69, 9.17) is 21.3 Å². The summed E-state index contributed by atoms with van der Waals surface area (Å²) in [5.41, 5.74) is 2.86. The van der Waals surface area contributed by atoms with Crippen LogP contribution in [0.3, 0.4) is 0 Å². The molecule has 2 saturated heterocycles. The van der Waals surface area contributed by atoms with Crippen molar-refractivity contribution in [2.24, 2.45) is 0 Å². The van der Waals surface area contributed by atoms with Crippen LogP contribution in [0.15, 0.2) is 42.7 Å². The summed E-state index contributed by atoms with van der Waals surface area (Å²) in [6.07, 6.45) is 2.82. The van der Waals surface area contributed by atoms with E-state index in [-0.39, 0.29) is 12.1 Å².